The van der Waals surface area contributed by atoms with Gasteiger partial charge in [-0.1, -0.05) is 6.07 Å². The summed E-state index contributed by atoms with van der Waals surface area (Å²) in [5.41, 5.74) is 2.79. The maximum absolute atomic E-state index is 12.7. The minimum atomic E-state index is 0.0763. The first kappa shape index (κ1) is 13.9. The van der Waals surface area contributed by atoms with E-state index in [1.165, 1.54) is 0 Å². The van der Waals surface area contributed by atoms with E-state index in [1.54, 1.807) is 7.11 Å². The number of hydrogen-bond acceptors (Lipinski definition) is 3. The number of rotatable bonds is 2. The fourth-order valence-electron chi connectivity index (χ4n) is 2.60. The highest BCUT2D eigenvalue weighted by Gasteiger charge is 2.21. The van der Waals surface area contributed by atoms with Crippen molar-refractivity contribution in [1.82, 2.24) is 10.2 Å². The monoisotopic (exact) mass is 262 g/mol. The molecular weight excluding hydrogens is 240 g/mol. The average molecular weight is 262 g/mol. The van der Waals surface area contributed by atoms with Crippen LogP contribution in [0.25, 0.3) is 0 Å². The lowest BCUT2D eigenvalue weighted by Gasteiger charge is -2.22. The Morgan fingerprint density at radius 1 is 1.26 bits per heavy atom. The number of hydrogen-bond donors (Lipinski definition) is 1. The molecular formula is C15H22N2O2. The quantitative estimate of drug-likeness (QED) is 0.883. The van der Waals surface area contributed by atoms with E-state index in [4.69, 9.17) is 4.74 Å². The van der Waals surface area contributed by atoms with Gasteiger partial charge in [0, 0.05) is 19.6 Å². The Morgan fingerprint density at radius 2 is 2.05 bits per heavy atom. The number of carbonyl (C=O) groups is 1. The van der Waals surface area contributed by atoms with E-state index in [9.17, 15) is 4.79 Å². The Morgan fingerprint density at radius 3 is 2.79 bits per heavy atom. The molecule has 0 atom stereocenters. The van der Waals surface area contributed by atoms with Crippen molar-refractivity contribution in [1.29, 1.82) is 0 Å². The normalized spacial score (nSPS) is 16.1. The summed E-state index contributed by atoms with van der Waals surface area (Å²) in [6, 6.07) is 3.96. The van der Waals surface area contributed by atoms with Gasteiger partial charge in [0.25, 0.3) is 5.91 Å². The topological polar surface area (TPSA) is 41.6 Å². The lowest BCUT2D eigenvalue weighted by molar-refractivity contribution is 0.0762. The molecule has 1 amide bonds. The molecule has 1 aromatic carbocycles. The predicted molar refractivity (Wildman–Crippen MR) is 75.9 cm³/mol. The van der Waals surface area contributed by atoms with Crippen LogP contribution in [0.4, 0.5) is 0 Å². The van der Waals surface area contributed by atoms with Crippen LogP contribution in [0.3, 0.4) is 0 Å². The summed E-state index contributed by atoms with van der Waals surface area (Å²) in [6.45, 7) is 7.39. The third-order valence-electron chi connectivity index (χ3n) is 3.48. The predicted octanol–water partition coefficient (Wildman–Crippen LogP) is 1.75. The molecule has 0 radical (unpaired) electrons. The summed E-state index contributed by atoms with van der Waals surface area (Å²) in [4.78, 5) is 14.6. The smallest absolute Gasteiger partial charge is 0.257 e. The van der Waals surface area contributed by atoms with Gasteiger partial charge in [-0.05, 0) is 44.0 Å². The van der Waals surface area contributed by atoms with Crippen molar-refractivity contribution in [2.75, 3.05) is 33.3 Å². The molecule has 19 heavy (non-hydrogen) atoms. The number of carbonyl (C=O) groups excluding carboxylic acids is 1. The van der Waals surface area contributed by atoms with Gasteiger partial charge in [-0.2, -0.15) is 0 Å². The van der Waals surface area contributed by atoms with E-state index >= 15 is 0 Å². The molecule has 0 unspecified atom stereocenters. The van der Waals surface area contributed by atoms with Crippen LogP contribution >= 0.6 is 0 Å². The van der Waals surface area contributed by atoms with Crippen molar-refractivity contribution < 1.29 is 9.53 Å². The van der Waals surface area contributed by atoms with E-state index in [1.807, 2.05) is 30.9 Å². The van der Waals surface area contributed by atoms with Gasteiger partial charge in [-0.15, -0.1) is 0 Å². The molecule has 104 valence electrons. The molecule has 4 nitrogen and oxygen atoms in total. The SMILES string of the molecule is COc1c(C)cc(C)cc1C(=O)N1CCCNCC1. The first-order valence-electron chi connectivity index (χ1n) is 6.78. The largest absolute Gasteiger partial charge is 0.496 e. The molecule has 2 rings (SSSR count). The summed E-state index contributed by atoms with van der Waals surface area (Å²) in [6.07, 6.45) is 0.999. The number of amides is 1. The van der Waals surface area contributed by atoms with E-state index in [0.29, 0.717) is 11.3 Å². The van der Waals surface area contributed by atoms with Gasteiger partial charge in [-0.3, -0.25) is 4.79 Å². The Labute approximate surface area is 114 Å². The van der Waals surface area contributed by atoms with Crippen LogP contribution in [0, 0.1) is 13.8 Å². The molecule has 0 saturated carbocycles. The van der Waals surface area contributed by atoms with Gasteiger partial charge < -0.3 is 15.0 Å². The number of benzene rings is 1. The highest BCUT2D eigenvalue weighted by atomic mass is 16.5. The number of nitrogens with one attached hydrogen (secondary N) is 1. The van der Waals surface area contributed by atoms with Crippen molar-refractivity contribution in [3.8, 4) is 5.75 Å². The van der Waals surface area contributed by atoms with Gasteiger partial charge in [-0.25, -0.2) is 0 Å². The fraction of sp³-hybridized carbons (Fsp3) is 0.533. The molecule has 0 aromatic heterocycles. The highest BCUT2D eigenvalue weighted by molar-refractivity contribution is 5.97. The van der Waals surface area contributed by atoms with Crippen molar-refractivity contribution in [3.05, 3.63) is 28.8 Å². The van der Waals surface area contributed by atoms with Gasteiger partial charge in [0.15, 0.2) is 0 Å². The molecule has 1 aliphatic rings. The van der Waals surface area contributed by atoms with Crippen molar-refractivity contribution in [2.45, 2.75) is 20.3 Å². The van der Waals surface area contributed by atoms with Gasteiger partial charge in [0.1, 0.15) is 5.75 Å². The number of aryl methyl sites for hydroxylation is 2. The number of ether oxygens (including phenoxy) is 1. The van der Waals surface area contributed by atoms with Crippen LogP contribution < -0.4 is 10.1 Å². The lowest BCUT2D eigenvalue weighted by atomic mass is 10.0. The second-order valence-corrected chi connectivity index (χ2v) is 5.06. The van der Waals surface area contributed by atoms with Crippen LogP contribution in [0.1, 0.15) is 27.9 Å². The third-order valence-corrected chi connectivity index (χ3v) is 3.48. The minimum Gasteiger partial charge on any atom is -0.496 e. The van der Waals surface area contributed by atoms with E-state index < -0.39 is 0 Å². The van der Waals surface area contributed by atoms with Crippen LogP contribution in [0.2, 0.25) is 0 Å². The van der Waals surface area contributed by atoms with Crippen LogP contribution in [0.15, 0.2) is 12.1 Å². The molecule has 1 fully saturated rings. The molecule has 0 bridgehead atoms. The zero-order valence-corrected chi connectivity index (χ0v) is 12.0. The third kappa shape index (κ3) is 3.07. The highest BCUT2D eigenvalue weighted by Crippen LogP contribution is 2.26. The molecule has 1 saturated heterocycles. The van der Waals surface area contributed by atoms with Crippen LogP contribution in [0.5, 0.6) is 5.75 Å². The summed E-state index contributed by atoms with van der Waals surface area (Å²) in [5, 5.41) is 3.31. The molecule has 4 heteroatoms. The van der Waals surface area contributed by atoms with Crippen LogP contribution in [-0.2, 0) is 0 Å². The summed E-state index contributed by atoms with van der Waals surface area (Å²) >= 11 is 0. The summed E-state index contributed by atoms with van der Waals surface area (Å²) in [5.74, 6) is 0.778. The van der Waals surface area contributed by atoms with Crippen molar-refractivity contribution >= 4 is 5.91 Å². The molecule has 0 spiro atoms. The zero-order valence-electron chi connectivity index (χ0n) is 12.0. The van der Waals surface area contributed by atoms with Gasteiger partial charge >= 0.3 is 0 Å². The van der Waals surface area contributed by atoms with Crippen molar-refractivity contribution in [2.24, 2.45) is 0 Å². The fourth-order valence-corrected chi connectivity index (χ4v) is 2.60. The average Bonchev–Trinajstić information content (AvgIpc) is 2.66. The van der Waals surface area contributed by atoms with E-state index in [-0.39, 0.29) is 5.91 Å². The Hall–Kier alpha value is -1.55. The molecule has 1 aliphatic heterocycles. The first-order valence-corrected chi connectivity index (χ1v) is 6.78. The second-order valence-electron chi connectivity index (χ2n) is 5.06. The van der Waals surface area contributed by atoms with Gasteiger partial charge in [0.05, 0.1) is 12.7 Å². The lowest BCUT2D eigenvalue weighted by Crippen LogP contribution is -2.34. The second kappa shape index (κ2) is 6.06. The van der Waals surface area contributed by atoms with Crippen LogP contribution in [-0.4, -0.2) is 44.1 Å². The molecule has 1 heterocycles. The Kier molecular flexibility index (Phi) is 4.43. The standard InChI is InChI=1S/C15H22N2O2/c1-11-9-12(2)14(19-3)13(10-11)15(18)17-7-4-5-16-6-8-17/h9-10,16H,4-8H2,1-3H3. The van der Waals surface area contributed by atoms with E-state index in [0.717, 1.165) is 43.7 Å². The summed E-state index contributed by atoms with van der Waals surface area (Å²) < 4.78 is 5.41. The maximum atomic E-state index is 12.7. The minimum absolute atomic E-state index is 0.0763. The van der Waals surface area contributed by atoms with E-state index in [2.05, 4.69) is 5.32 Å². The molecule has 1 N–H and O–H groups in total. The van der Waals surface area contributed by atoms with Crippen molar-refractivity contribution in [3.63, 3.8) is 0 Å². The Balaban J connectivity index is 2.31. The maximum Gasteiger partial charge on any atom is 0.257 e. The molecule has 1 aromatic rings. The number of nitrogens with zero attached hydrogens (tertiary/aromatic N) is 1. The van der Waals surface area contributed by atoms with Gasteiger partial charge in [0.2, 0.25) is 0 Å². The first-order chi connectivity index (χ1) is 9.13. The zero-order chi connectivity index (χ0) is 13.8. The Bertz CT molecular complexity index is 463. The molecule has 0 aliphatic carbocycles. The summed E-state index contributed by atoms with van der Waals surface area (Å²) in [7, 11) is 1.62. The number of methoxy groups -OCH3 is 1.